The number of anilines is 1. The lowest BCUT2D eigenvalue weighted by Crippen LogP contribution is -2.26. The molecule has 0 spiro atoms. The lowest BCUT2D eigenvalue weighted by atomic mass is 10.0. The van der Waals surface area contributed by atoms with Crippen LogP contribution < -0.4 is 10.2 Å². The summed E-state index contributed by atoms with van der Waals surface area (Å²) in [6.45, 7) is 2.65. The minimum atomic E-state index is -0.389. The molecule has 0 aromatic carbocycles. The van der Waals surface area contributed by atoms with Gasteiger partial charge in [0.15, 0.2) is 5.66 Å². The van der Waals surface area contributed by atoms with Gasteiger partial charge in [-0.2, -0.15) is 10.2 Å². The van der Waals surface area contributed by atoms with Gasteiger partial charge in [0.25, 0.3) is 0 Å². The van der Waals surface area contributed by atoms with Crippen molar-refractivity contribution >= 4 is 11.7 Å². The van der Waals surface area contributed by atoms with Crippen LogP contribution in [0.5, 0.6) is 0 Å². The molecule has 2 aliphatic rings. The molecule has 0 aliphatic carbocycles. The van der Waals surface area contributed by atoms with Crippen molar-refractivity contribution in [2.75, 3.05) is 18.0 Å². The Morgan fingerprint density at radius 1 is 1.23 bits per heavy atom. The van der Waals surface area contributed by atoms with Crippen molar-refractivity contribution in [2.24, 2.45) is 10.2 Å². The first-order valence-electron chi connectivity index (χ1n) is 9.55. The van der Waals surface area contributed by atoms with E-state index in [1.165, 1.54) is 25.7 Å². The highest BCUT2D eigenvalue weighted by atomic mass is 16.1. The molecule has 1 amide bonds. The molecule has 1 aromatic rings. The SMILES string of the molecule is C#CCCC1(CCC(=O)NCc2ccnc(N3CCCCCC3)c2)N=N1. The lowest BCUT2D eigenvalue weighted by Gasteiger charge is -2.21. The van der Waals surface area contributed by atoms with E-state index >= 15 is 0 Å². The Bertz CT molecular complexity index is 680. The molecule has 0 radical (unpaired) electrons. The average Bonchev–Trinajstić information content (AvgIpc) is 3.47. The first kappa shape index (κ1) is 18.4. The minimum absolute atomic E-state index is 0.0236. The topological polar surface area (TPSA) is 70.0 Å². The number of rotatable bonds is 8. The maximum Gasteiger partial charge on any atom is 0.220 e. The van der Waals surface area contributed by atoms with Gasteiger partial charge >= 0.3 is 0 Å². The quantitative estimate of drug-likeness (QED) is 0.728. The lowest BCUT2D eigenvalue weighted by molar-refractivity contribution is -0.121. The highest BCUT2D eigenvalue weighted by Crippen LogP contribution is 2.37. The highest BCUT2D eigenvalue weighted by molar-refractivity contribution is 5.76. The molecular formula is C20H27N5O. The molecule has 0 atom stereocenters. The summed E-state index contributed by atoms with van der Waals surface area (Å²) in [7, 11) is 0. The van der Waals surface area contributed by atoms with Crippen LogP contribution in [0.4, 0.5) is 5.82 Å². The molecule has 3 rings (SSSR count). The normalized spacial score (nSPS) is 18.0. The smallest absolute Gasteiger partial charge is 0.220 e. The molecule has 0 saturated carbocycles. The Hall–Kier alpha value is -2.42. The molecule has 6 nitrogen and oxygen atoms in total. The molecule has 2 aliphatic heterocycles. The van der Waals surface area contributed by atoms with Crippen LogP contribution >= 0.6 is 0 Å². The van der Waals surface area contributed by atoms with Crippen LogP contribution in [0.15, 0.2) is 28.6 Å². The van der Waals surface area contributed by atoms with E-state index in [0.29, 0.717) is 25.8 Å². The van der Waals surface area contributed by atoms with E-state index in [4.69, 9.17) is 6.42 Å². The van der Waals surface area contributed by atoms with Gasteiger partial charge in [0.05, 0.1) is 0 Å². The molecule has 138 valence electrons. The number of hydrogen-bond acceptors (Lipinski definition) is 5. The predicted octanol–water partition coefficient (Wildman–Crippen LogP) is 3.43. The summed E-state index contributed by atoms with van der Waals surface area (Å²) in [5, 5.41) is 11.1. The average molecular weight is 353 g/mol. The Morgan fingerprint density at radius 2 is 2.00 bits per heavy atom. The van der Waals surface area contributed by atoms with E-state index < -0.39 is 0 Å². The van der Waals surface area contributed by atoms with Crippen LogP contribution in [-0.4, -0.2) is 29.6 Å². The Kier molecular flexibility index (Phi) is 6.21. The molecule has 1 fully saturated rings. The second-order valence-corrected chi connectivity index (χ2v) is 7.09. The third kappa shape index (κ3) is 5.29. The molecule has 26 heavy (non-hydrogen) atoms. The van der Waals surface area contributed by atoms with E-state index in [1.807, 2.05) is 12.3 Å². The maximum atomic E-state index is 12.1. The van der Waals surface area contributed by atoms with E-state index in [1.54, 1.807) is 0 Å². The second-order valence-electron chi connectivity index (χ2n) is 7.09. The zero-order valence-electron chi connectivity index (χ0n) is 15.3. The Morgan fingerprint density at radius 3 is 2.69 bits per heavy atom. The zero-order chi connectivity index (χ0) is 18.2. The number of carbonyl (C=O) groups excluding carboxylic acids is 1. The standard InChI is InChI=1S/C20H27N5O/c1-2-3-10-20(23-24-20)11-8-19(26)22-16-17-9-12-21-18(15-17)25-13-6-4-5-7-14-25/h1,9,12,15H,3-8,10-11,13-14,16H2,(H,22,26). The van der Waals surface area contributed by atoms with E-state index in [-0.39, 0.29) is 11.6 Å². The monoisotopic (exact) mass is 353 g/mol. The molecule has 0 unspecified atom stereocenters. The summed E-state index contributed by atoms with van der Waals surface area (Å²) in [5.74, 6) is 3.64. The van der Waals surface area contributed by atoms with Gasteiger partial charge in [0.1, 0.15) is 5.82 Å². The summed E-state index contributed by atoms with van der Waals surface area (Å²) < 4.78 is 0. The zero-order valence-corrected chi connectivity index (χ0v) is 15.3. The van der Waals surface area contributed by atoms with Gasteiger partial charge in [-0.05, 0) is 30.5 Å². The number of carbonyl (C=O) groups is 1. The summed E-state index contributed by atoms with van der Waals surface area (Å²) in [4.78, 5) is 19.0. The summed E-state index contributed by atoms with van der Waals surface area (Å²) in [6, 6.07) is 4.05. The molecule has 3 heterocycles. The van der Waals surface area contributed by atoms with Crippen molar-refractivity contribution < 1.29 is 4.79 Å². The van der Waals surface area contributed by atoms with Crippen molar-refractivity contribution in [2.45, 2.75) is 63.6 Å². The van der Waals surface area contributed by atoms with Gasteiger partial charge in [0, 0.05) is 51.5 Å². The first-order valence-corrected chi connectivity index (χ1v) is 9.55. The van der Waals surface area contributed by atoms with E-state index in [9.17, 15) is 4.79 Å². The fraction of sp³-hybridized carbons (Fsp3) is 0.600. The largest absolute Gasteiger partial charge is 0.357 e. The van der Waals surface area contributed by atoms with Gasteiger partial charge in [-0.1, -0.05) is 12.8 Å². The number of terminal acetylenes is 1. The van der Waals surface area contributed by atoms with Crippen molar-refractivity contribution in [1.29, 1.82) is 0 Å². The van der Waals surface area contributed by atoms with Gasteiger partial charge in [-0.3, -0.25) is 4.79 Å². The van der Waals surface area contributed by atoms with Gasteiger partial charge in [0.2, 0.25) is 5.91 Å². The number of aromatic nitrogens is 1. The number of amides is 1. The number of hydrogen-bond donors (Lipinski definition) is 1. The number of nitrogens with zero attached hydrogens (tertiary/aromatic N) is 4. The molecule has 1 saturated heterocycles. The van der Waals surface area contributed by atoms with Crippen LogP contribution in [-0.2, 0) is 11.3 Å². The third-order valence-electron chi connectivity index (χ3n) is 5.03. The second kappa shape index (κ2) is 8.79. The first-order chi connectivity index (χ1) is 12.7. The molecule has 0 bridgehead atoms. The molecular weight excluding hydrogens is 326 g/mol. The molecule has 6 heteroatoms. The fourth-order valence-electron chi connectivity index (χ4n) is 3.31. The van der Waals surface area contributed by atoms with E-state index in [0.717, 1.165) is 30.9 Å². The van der Waals surface area contributed by atoms with E-state index in [2.05, 4.69) is 37.4 Å². The van der Waals surface area contributed by atoms with Gasteiger partial charge in [-0.25, -0.2) is 4.98 Å². The van der Waals surface area contributed by atoms with Gasteiger partial charge in [-0.15, -0.1) is 12.3 Å². The third-order valence-corrected chi connectivity index (χ3v) is 5.03. The molecule has 1 N–H and O–H groups in total. The van der Waals surface area contributed by atoms with Crippen molar-refractivity contribution in [3.8, 4) is 12.3 Å². The van der Waals surface area contributed by atoms with Crippen molar-refractivity contribution in [3.63, 3.8) is 0 Å². The maximum absolute atomic E-state index is 12.1. The Balaban J connectivity index is 1.45. The van der Waals surface area contributed by atoms with Crippen LogP contribution in [0.25, 0.3) is 0 Å². The molecule has 1 aromatic heterocycles. The van der Waals surface area contributed by atoms with Crippen LogP contribution in [0, 0.1) is 12.3 Å². The highest BCUT2D eigenvalue weighted by Gasteiger charge is 2.39. The fourth-order valence-corrected chi connectivity index (χ4v) is 3.31. The number of nitrogens with one attached hydrogen (secondary N) is 1. The van der Waals surface area contributed by atoms with Crippen molar-refractivity contribution in [3.05, 3.63) is 23.9 Å². The Labute approximate surface area is 155 Å². The minimum Gasteiger partial charge on any atom is -0.357 e. The van der Waals surface area contributed by atoms with Gasteiger partial charge < -0.3 is 10.2 Å². The summed E-state index contributed by atoms with van der Waals surface area (Å²) in [5.41, 5.74) is 0.691. The van der Waals surface area contributed by atoms with Crippen molar-refractivity contribution in [1.82, 2.24) is 10.3 Å². The predicted molar refractivity (Wildman–Crippen MR) is 102 cm³/mol. The van der Waals surface area contributed by atoms with Crippen LogP contribution in [0.1, 0.15) is 56.9 Å². The van der Waals surface area contributed by atoms with Crippen LogP contribution in [0.2, 0.25) is 0 Å². The number of pyridine rings is 1. The summed E-state index contributed by atoms with van der Waals surface area (Å²) in [6.07, 6.45) is 14.6. The summed E-state index contributed by atoms with van der Waals surface area (Å²) >= 11 is 0. The van der Waals surface area contributed by atoms with Crippen LogP contribution in [0.3, 0.4) is 0 Å².